The number of halogens is 1. The fourth-order valence-corrected chi connectivity index (χ4v) is 2.83. The van der Waals surface area contributed by atoms with Crippen molar-refractivity contribution in [3.05, 3.63) is 46.0 Å². The molecule has 3 rings (SSSR count). The van der Waals surface area contributed by atoms with Gasteiger partial charge in [-0.15, -0.1) is 0 Å². The molecule has 0 aliphatic rings. The highest BCUT2D eigenvalue weighted by molar-refractivity contribution is 9.10. The van der Waals surface area contributed by atoms with Crippen LogP contribution in [-0.4, -0.2) is 31.5 Å². The molecule has 0 spiro atoms. The maximum absolute atomic E-state index is 5.38. The Morgan fingerprint density at radius 1 is 1.30 bits per heavy atom. The molecule has 9 nitrogen and oxygen atoms in total. The second-order valence-electron chi connectivity index (χ2n) is 7.53. The van der Waals surface area contributed by atoms with Crippen LogP contribution in [0, 0.1) is 0 Å². The number of H-pyrrole nitrogens is 1. The van der Waals surface area contributed by atoms with Gasteiger partial charge in [-0.25, -0.2) is 4.98 Å². The molecule has 0 aromatic carbocycles. The normalized spacial score (nSPS) is 12.5. The second kappa shape index (κ2) is 9.21. The van der Waals surface area contributed by atoms with Gasteiger partial charge in [0.05, 0.1) is 16.7 Å². The summed E-state index contributed by atoms with van der Waals surface area (Å²) in [4.78, 5) is 13.1. The Bertz CT molecular complexity index is 1060. The standard InChI is InChI=1S/C20H25BrN8O/c1-6-14(22-7-2)15-8-12(30-29-15)10-23-19-24-11-13(21)18(26-19)25-17-9-16(27-28-17)20(3,4)5/h6-9,11H,10H2,1-5H3,(H3,23,24,25,26,27,28)/b14-6-,22-7-. The Morgan fingerprint density at radius 2 is 2.10 bits per heavy atom. The summed E-state index contributed by atoms with van der Waals surface area (Å²) < 4.78 is 6.11. The van der Waals surface area contributed by atoms with Gasteiger partial charge in [0.15, 0.2) is 17.4 Å². The van der Waals surface area contributed by atoms with Gasteiger partial charge in [0.1, 0.15) is 5.69 Å². The van der Waals surface area contributed by atoms with Crippen LogP contribution in [0.1, 0.15) is 51.8 Å². The van der Waals surface area contributed by atoms with Crippen molar-refractivity contribution in [3.63, 3.8) is 0 Å². The van der Waals surface area contributed by atoms with E-state index < -0.39 is 0 Å². The first-order chi connectivity index (χ1) is 14.3. The van der Waals surface area contributed by atoms with Crippen LogP contribution in [0.2, 0.25) is 0 Å². The Kier molecular flexibility index (Phi) is 6.66. The van der Waals surface area contributed by atoms with Crippen LogP contribution in [0.4, 0.5) is 17.6 Å². The molecule has 3 N–H and O–H groups in total. The van der Waals surface area contributed by atoms with Crippen molar-refractivity contribution >= 4 is 45.4 Å². The molecule has 0 atom stereocenters. The third-order valence-corrected chi connectivity index (χ3v) is 4.74. The van der Waals surface area contributed by atoms with Crippen LogP contribution in [0.3, 0.4) is 0 Å². The third-order valence-electron chi connectivity index (χ3n) is 4.16. The molecule has 3 heterocycles. The third kappa shape index (κ3) is 5.32. The van der Waals surface area contributed by atoms with Gasteiger partial charge in [-0.2, -0.15) is 10.1 Å². The average Bonchev–Trinajstić information content (AvgIpc) is 3.36. The monoisotopic (exact) mass is 472 g/mol. The quantitative estimate of drug-likeness (QED) is 0.411. The van der Waals surface area contributed by atoms with E-state index in [9.17, 15) is 0 Å². The molecule has 3 aromatic heterocycles. The average molecular weight is 473 g/mol. The van der Waals surface area contributed by atoms with Crippen molar-refractivity contribution < 1.29 is 4.52 Å². The summed E-state index contributed by atoms with van der Waals surface area (Å²) in [5, 5.41) is 17.8. The number of anilines is 3. The number of allylic oxidation sites excluding steroid dienone is 1. The minimum Gasteiger partial charge on any atom is -0.359 e. The number of nitrogens with zero attached hydrogens (tertiary/aromatic N) is 5. The zero-order valence-corrected chi connectivity index (χ0v) is 19.2. The summed E-state index contributed by atoms with van der Waals surface area (Å²) in [6.45, 7) is 10.5. The number of rotatable bonds is 7. The molecule has 0 saturated heterocycles. The largest absolute Gasteiger partial charge is 0.359 e. The van der Waals surface area contributed by atoms with Gasteiger partial charge >= 0.3 is 0 Å². The Hall–Kier alpha value is -3.01. The van der Waals surface area contributed by atoms with Gasteiger partial charge in [0, 0.05) is 35.7 Å². The number of aromatic amines is 1. The fraction of sp³-hybridized carbons (Fsp3) is 0.350. The summed E-state index contributed by atoms with van der Waals surface area (Å²) in [6, 6.07) is 3.81. The topological polar surface area (TPSA) is 117 Å². The Morgan fingerprint density at radius 3 is 2.77 bits per heavy atom. The second-order valence-corrected chi connectivity index (χ2v) is 8.38. The van der Waals surface area contributed by atoms with Gasteiger partial charge in [0.25, 0.3) is 0 Å². The van der Waals surface area contributed by atoms with Crippen molar-refractivity contribution in [3.8, 4) is 0 Å². The molecule has 10 heteroatoms. The van der Waals surface area contributed by atoms with Gasteiger partial charge in [-0.3, -0.25) is 10.1 Å². The van der Waals surface area contributed by atoms with E-state index in [0.717, 1.165) is 15.9 Å². The van der Waals surface area contributed by atoms with E-state index in [1.54, 1.807) is 12.4 Å². The predicted molar refractivity (Wildman–Crippen MR) is 122 cm³/mol. The van der Waals surface area contributed by atoms with E-state index in [2.05, 4.69) is 77.6 Å². The highest BCUT2D eigenvalue weighted by Gasteiger charge is 2.17. The first-order valence-electron chi connectivity index (χ1n) is 9.50. The summed E-state index contributed by atoms with van der Waals surface area (Å²) in [6.07, 6.45) is 5.27. The molecular weight excluding hydrogens is 448 g/mol. The molecule has 0 fully saturated rings. The van der Waals surface area contributed by atoms with Crippen molar-refractivity contribution in [2.24, 2.45) is 4.99 Å². The zero-order chi connectivity index (χ0) is 21.7. The molecule has 3 aromatic rings. The lowest BCUT2D eigenvalue weighted by Gasteiger charge is -2.14. The number of nitrogens with one attached hydrogen (secondary N) is 3. The van der Waals surface area contributed by atoms with E-state index in [1.807, 2.05) is 32.1 Å². The van der Waals surface area contributed by atoms with E-state index in [-0.39, 0.29) is 5.41 Å². The lowest BCUT2D eigenvalue weighted by molar-refractivity contribution is 0.386. The first kappa shape index (κ1) is 21.7. The van der Waals surface area contributed by atoms with Crippen LogP contribution in [0.5, 0.6) is 0 Å². The highest BCUT2D eigenvalue weighted by atomic mass is 79.9. The predicted octanol–water partition coefficient (Wildman–Crippen LogP) is 5.05. The van der Waals surface area contributed by atoms with E-state index >= 15 is 0 Å². The molecule has 0 unspecified atom stereocenters. The van der Waals surface area contributed by atoms with Crippen LogP contribution in [0.15, 0.2) is 38.4 Å². The van der Waals surface area contributed by atoms with Crippen LogP contribution >= 0.6 is 15.9 Å². The lowest BCUT2D eigenvalue weighted by atomic mass is 9.92. The smallest absolute Gasteiger partial charge is 0.225 e. The molecule has 0 amide bonds. The number of aliphatic imine (C=N–C) groups is 1. The summed E-state index contributed by atoms with van der Waals surface area (Å²) >= 11 is 3.47. The molecular formula is C20H25BrN8O. The Labute approximate surface area is 183 Å². The Balaban J connectivity index is 1.68. The van der Waals surface area contributed by atoms with Crippen LogP contribution in [-0.2, 0) is 12.0 Å². The van der Waals surface area contributed by atoms with Gasteiger partial charge < -0.3 is 15.2 Å². The number of aromatic nitrogens is 5. The number of hydrogen-bond donors (Lipinski definition) is 3. The molecule has 158 valence electrons. The molecule has 0 saturated carbocycles. The maximum atomic E-state index is 5.38. The first-order valence-corrected chi connectivity index (χ1v) is 10.3. The SMILES string of the molecule is C/C=N\C(=C/C)c1cc(CNc2ncc(Br)c(Nc3cc(C(C)(C)C)[nH]n3)n2)on1. The summed E-state index contributed by atoms with van der Waals surface area (Å²) in [7, 11) is 0. The van der Waals surface area contributed by atoms with Crippen molar-refractivity contribution in [2.45, 2.75) is 46.6 Å². The summed E-state index contributed by atoms with van der Waals surface area (Å²) in [5.41, 5.74) is 2.45. The van der Waals surface area contributed by atoms with E-state index in [1.165, 1.54) is 0 Å². The van der Waals surface area contributed by atoms with Crippen LogP contribution in [0.25, 0.3) is 5.70 Å². The summed E-state index contributed by atoms with van der Waals surface area (Å²) in [5.74, 6) is 2.38. The minimum atomic E-state index is -0.0201. The maximum Gasteiger partial charge on any atom is 0.225 e. The van der Waals surface area contributed by atoms with Gasteiger partial charge in [-0.1, -0.05) is 32.0 Å². The lowest BCUT2D eigenvalue weighted by Crippen LogP contribution is -2.11. The molecule has 0 bridgehead atoms. The molecule has 0 radical (unpaired) electrons. The van der Waals surface area contributed by atoms with Crippen molar-refractivity contribution in [1.29, 1.82) is 0 Å². The van der Waals surface area contributed by atoms with Gasteiger partial charge in [-0.05, 0) is 29.8 Å². The molecule has 0 aliphatic heterocycles. The fourth-order valence-electron chi connectivity index (χ4n) is 2.54. The van der Waals surface area contributed by atoms with E-state index in [4.69, 9.17) is 4.52 Å². The molecule has 30 heavy (non-hydrogen) atoms. The number of hydrogen-bond acceptors (Lipinski definition) is 8. The van der Waals surface area contributed by atoms with Crippen molar-refractivity contribution in [1.82, 2.24) is 25.3 Å². The van der Waals surface area contributed by atoms with Crippen molar-refractivity contribution in [2.75, 3.05) is 10.6 Å². The highest BCUT2D eigenvalue weighted by Crippen LogP contribution is 2.27. The minimum absolute atomic E-state index is 0.0201. The van der Waals surface area contributed by atoms with Crippen LogP contribution < -0.4 is 10.6 Å². The van der Waals surface area contributed by atoms with E-state index in [0.29, 0.717) is 35.6 Å². The molecule has 0 aliphatic carbocycles. The zero-order valence-electron chi connectivity index (χ0n) is 17.6. The van der Waals surface area contributed by atoms with Gasteiger partial charge in [0.2, 0.25) is 5.95 Å².